The summed E-state index contributed by atoms with van der Waals surface area (Å²) in [4.78, 5) is 0. The molecular weight excluding hydrogens is 969 g/mol. The Morgan fingerprint density at radius 3 is 1.95 bits per heavy atom. The number of ether oxygens (including phenoxy) is 10. The van der Waals surface area contributed by atoms with E-state index in [1.165, 1.54) is 6.92 Å². The van der Waals surface area contributed by atoms with Crippen LogP contribution in [0.4, 0.5) is 0 Å². The van der Waals surface area contributed by atoms with Crippen LogP contribution >= 0.6 is 0 Å². The summed E-state index contributed by atoms with van der Waals surface area (Å²) in [7, 11) is 0. The lowest BCUT2D eigenvalue weighted by molar-refractivity contribution is -0.407. The minimum atomic E-state index is -1.96. The van der Waals surface area contributed by atoms with Crippen LogP contribution in [-0.2, 0) is 47.4 Å². The van der Waals surface area contributed by atoms with Gasteiger partial charge in [-0.15, -0.1) is 0 Å². The predicted molar refractivity (Wildman–Crippen MR) is 244 cm³/mol. The van der Waals surface area contributed by atoms with Crippen molar-refractivity contribution >= 4 is 0 Å². The maximum Gasteiger partial charge on any atom is 0.187 e. The van der Waals surface area contributed by atoms with E-state index in [0.717, 1.165) is 18.4 Å². The number of aliphatic hydroxyl groups is 13. The normalized spacial score (nSPS) is 58.2. The molecule has 0 bridgehead atoms. The molecule has 0 aromatic rings. The van der Waals surface area contributed by atoms with Gasteiger partial charge < -0.3 is 114 Å². The van der Waals surface area contributed by atoms with E-state index < -0.39 is 177 Å². The van der Waals surface area contributed by atoms with E-state index in [0.29, 0.717) is 51.0 Å². The first kappa shape index (κ1) is 55.1. The minimum Gasteiger partial charge on any atom is -0.394 e. The predicted octanol–water partition coefficient (Wildman–Crippen LogP) is -3.09. The summed E-state index contributed by atoms with van der Waals surface area (Å²) in [5, 5.41) is 144. The molecule has 23 heteroatoms. The number of rotatable bonds is 10. The molecule has 9 fully saturated rings. The van der Waals surface area contributed by atoms with Gasteiger partial charge in [-0.2, -0.15) is 0 Å². The van der Waals surface area contributed by atoms with Gasteiger partial charge in [-0.1, -0.05) is 39.3 Å². The van der Waals surface area contributed by atoms with Gasteiger partial charge in [0, 0.05) is 24.2 Å². The Hall–Kier alpha value is -1.18. The van der Waals surface area contributed by atoms with Crippen LogP contribution < -0.4 is 0 Å². The van der Waals surface area contributed by atoms with E-state index >= 15 is 0 Å². The van der Waals surface area contributed by atoms with E-state index in [1.54, 1.807) is 0 Å². The van der Waals surface area contributed by atoms with Crippen molar-refractivity contribution < 1.29 is 114 Å². The zero-order chi connectivity index (χ0) is 52.5. The van der Waals surface area contributed by atoms with Gasteiger partial charge in [0.2, 0.25) is 0 Å². The van der Waals surface area contributed by atoms with Crippen LogP contribution in [0.25, 0.3) is 0 Å². The average Bonchev–Trinajstić information content (AvgIpc) is 3.68. The molecule has 30 atom stereocenters. The lowest BCUT2D eigenvalue weighted by Crippen LogP contribution is -2.68. The molecule has 0 radical (unpaired) electrons. The lowest BCUT2D eigenvalue weighted by Gasteiger charge is -2.63. The van der Waals surface area contributed by atoms with Crippen LogP contribution in [0.5, 0.6) is 0 Å². The summed E-state index contributed by atoms with van der Waals surface area (Å²) < 4.78 is 62.7. The Labute approximate surface area is 423 Å². The molecule has 4 aliphatic carbocycles. The second-order valence-electron chi connectivity index (χ2n) is 23.7. The highest BCUT2D eigenvalue weighted by Crippen LogP contribution is 2.73. The van der Waals surface area contributed by atoms with Crippen molar-refractivity contribution in [2.75, 3.05) is 26.4 Å². The Morgan fingerprint density at radius 2 is 1.26 bits per heavy atom. The lowest BCUT2D eigenvalue weighted by atomic mass is 9.44. The molecule has 0 aromatic carbocycles. The molecule has 6 heterocycles. The molecule has 1 spiro atoms. The third kappa shape index (κ3) is 8.66. The molecule has 10 aliphatic rings. The van der Waals surface area contributed by atoms with E-state index in [4.69, 9.17) is 47.4 Å². The fourth-order valence-electron chi connectivity index (χ4n) is 15.1. The van der Waals surface area contributed by atoms with E-state index in [2.05, 4.69) is 19.9 Å². The molecule has 23 nitrogen and oxygen atoms in total. The van der Waals surface area contributed by atoms with Crippen molar-refractivity contribution in [1.82, 2.24) is 0 Å². The summed E-state index contributed by atoms with van der Waals surface area (Å²) >= 11 is 0. The topological polar surface area (TPSA) is 355 Å². The van der Waals surface area contributed by atoms with Crippen LogP contribution in [0, 0.1) is 34.5 Å². The molecule has 0 aromatic heterocycles. The van der Waals surface area contributed by atoms with Crippen LogP contribution in [-0.4, -0.2) is 239 Å². The molecule has 6 aliphatic heterocycles. The van der Waals surface area contributed by atoms with E-state index in [9.17, 15) is 66.4 Å². The molecule has 73 heavy (non-hydrogen) atoms. The van der Waals surface area contributed by atoms with Crippen molar-refractivity contribution in [3.63, 3.8) is 0 Å². The number of hydrogen-bond acceptors (Lipinski definition) is 23. The van der Waals surface area contributed by atoms with Gasteiger partial charge >= 0.3 is 0 Å². The van der Waals surface area contributed by atoms with Crippen molar-refractivity contribution in [3.05, 3.63) is 11.6 Å². The number of allylic oxidation sites excluding steroid dienone is 1. The first-order chi connectivity index (χ1) is 34.5. The maximum absolute atomic E-state index is 13.1. The highest BCUT2D eigenvalue weighted by atomic mass is 16.8. The second-order valence-corrected chi connectivity index (χ2v) is 23.7. The highest BCUT2D eigenvalue weighted by Gasteiger charge is 2.81. The van der Waals surface area contributed by atoms with Crippen molar-refractivity contribution in [1.29, 1.82) is 0 Å². The van der Waals surface area contributed by atoms with Gasteiger partial charge in [0.25, 0.3) is 0 Å². The molecule has 10 rings (SSSR count). The fraction of sp³-hybridized carbons (Fsp3) is 0.960. The molecule has 418 valence electrons. The summed E-state index contributed by atoms with van der Waals surface area (Å²) in [6.07, 6.45) is -25.8. The summed E-state index contributed by atoms with van der Waals surface area (Å²) in [5.74, 6) is -1.02. The van der Waals surface area contributed by atoms with E-state index in [1.807, 2.05) is 13.8 Å². The number of aliphatic hydroxyl groups excluding tert-OH is 11. The summed E-state index contributed by atoms with van der Waals surface area (Å²) in [6, 6.07) is 0. The largest absolute Gasteiger partial charge is 0.394 e. The second kappa shape index (κ2) is 20.2. The van der Waals surface area contributed by atoms with Gasteiger partial charge in [-0.05, 0) is 75.0 Å². The maximum atomic E-state index is 13.1. The zero-order valence-corrected chi connectivity index (χ0v) is 42.1. The first-order valence-corrected chi connectivity index (χ1v) is 26.5. The van der Waals surface area contributed by atoms with Gasteiger partial charge in [0.05, 0.1) is 50.3 Å². The summed E-state index contributed by atoms with van der Waals surface area (Å²) in [6.45, 7) is 8.24. The monoisotopic (exact) mass is 1050 g/mol. The van der Waals surface area contributed by atoms with Crippen LogP contribution in [0.15, 0.2) is 11.6 Å². The SMILES string of the molecule is C[C@@H]1CC[C@@]2(OC1)OC1C[C@@]3(O)C4CC=C5CC(O[C@@H]6O[C@H](CO)[C@@H](O[C@@H]7O[C@H](CO)[C@@H](O)[C@@H](O)[C@H]7O)[C@@H](O[C@@H]7OC[C@@H](O)[C@H](O)[C@H]7O)[C@H]6O[C@@H]6O[C@H](C)[C@H](O)[C@@H](O)[C@H]6O)CCC5(C)C4CCC3(C)[C@@]1(O)[C@@H]2C. The Balaban J connectivity index is 0.938. The van der Waals surface area contributed by atoms with Gasteiger partial charge in [0.15, 0.2) is 30.9 Å². The molecule has 6 unspecified atom stereocenters. The third-order valence-corrected chi connectivity index (χ3v) is 19.8. The Morgan fingerprint density at radius 1 is 0.616 bits per heavy atom. The van der Waals surface area contributed by atoms with Crippen LogP contribution in [0.3, 0.4) is 0 Å². The average molecular weight is 1050 g/mol. The Kier molecular flexibility index (Phi) is 15.2. The molecular formula is C50H80O23. The third-order valence-electron chi connectivity index (χ3n) is 19.8. The smallest absolute Gasteiger partial charge is 0.187 e. The van der Waals surface area contributed by atoms with Crippen LogP contribution in [0.1, 0.15) is 92.4 Å². The van der Waals surface area contributed by atoms with Gasteiger partial charge in [-0.3, -0.25) is 0 Å². The standard InChI is InChI=1S/C50H80O23/c1-20-8-13-49(65-18-20)22(3)50(63)30(73-49)15-48(62)26-7-6-23-14-24(9-11-46(23,4)25(26)10-12-47(48,50)5)67-45-41(72-43-37(60)34(57)31(54)21(2)66-43)40(71-42-36(59)32(55)27(53)19-64-42)39(29(17-52)69-45)70-44-38(61)35(58)33(56)28(16-51)68-44/h6,20-22,24-45,51-63H,7-19H2,1-5H3/t20-,21-,22-,24?,25?,26?,27-,28-,29-,30?,31+,32+,33-,34-,35-,36-,37-,38-,39-,40-,41-,42+,43+,44+,45-,46?,47?,48-,49-,50-/m1/s1. The van der Waals surface area contributed by atoms with Gasteiger partial charge in [0.1, 0.15) is 91.1 Å². The van der Waals surface area contributed by atoms with E-state index in [-0.39, 0.29) is 24.2 Å². The Bertz CT molecular complexity index is 1980. The minimum absolute atomic E-state index is 0.0355. The quantitative estimate of drug-likeness (QED) is 0.0965. The molecule has 13 N–H and O–H groups in total. The van der Waals surface area contributed by atoms with Gasteiger partial charge in [-0.25, -0.2) is 0 Å². The number of fused-ring (bicyclic) bond motifs is 7. The van der Waals surface area contributed by atoms with Crippen LogP contribution in [0.2, 0.25) is 0 Å². The van der Waals surface area contributed by atoms with Crippen molar-refractivity contribution in [3.8, 4) is 0 Å². The zero-order valence-electron chi connectivity index (χ0n) is 42.1. The molecule has 6 saturated heterocycles. The highest BCUT2D eigenvalue weighted by molar-refractivity contribution is 5.33. The summed E-state index contributed by atoms with van der Waals surface area (Å²) in [5.41, 5.74) is -2.73. The molecule has 0 amide bonds. The van der Waals surface area contributed by atoms with Crippen molar-refractivity contribution in [2.45, 2.75) is 238 Å². The number of hydrogen-bond donors (Lipinski definition) is 13. The molecule has 3 saturated carbocycles. The fourth-order valence-corrected chi connectivity index (χ4v) is 15.1. The van der Waals surface area contributed by atoms with Crippen molar-refractivity contribution in [2.24, 2.45) is 34.5 Å². The first-order valence-electron chi connectivity index (χ1n) is 26.5.